The van der Waals surface area contributed by atoms with E-state index in [1.807, 2.05) is 6.92 Å². The Bertz CT molecular complexity index is 463. The van der Waals surface area contributed by atoms with Crippen LogP contribution in [0, 0.1) is 0 Å². The van der Waals surface area contributed by atoms with Crippen LogP contribution in [0.15, 0.2) is 18.2 Å². The van der Waals surface area contributed by atoms with Crippen LogP contribution in [0.3, 0.4) is 0 Å². The van der Waals surface area contributed by atoms with Crippen LogP contribution in [0.2, 0.25) is 0 Å². The number of rotatable bonds is 5. The smallest absolute Gasteiger partial charge is 0.255 e. The molecule has 0 aliphatic carbocycles. The van der Waals surface area contributed by atoms with Gasteiger partial charge in [0.25, 0.3) is 5.91 Å². The molecule has 0 fully saturated rings. The average molecular weight is 268 g/mol. The normalized spacial score (nSPS) is 11.8. The molecule has 0 aliphatic rings. The highest BCUT2D eigenvalue weighted by Gasteiger charge is 2.18. The summed E-state index contributed by atoms with van der Waals surface area (Å²) in [6, 6.07) is 3.32. The van der Waals surface area contributed by atoms with E-state index in [4.69, 9.17) is 18.0 Å². The first kappa shape index (κ1) is 14.2. The zero-order valence-corrected chi connectivity index (χ0v) is 10.8. The van der Waals surface area contributed by atoms with Crippen LogP contribution < -0.4 is 11.1 Å². The maximum absolute atomic E-state index is 11.9. The lowest BCUT2D eigenvalue weighted by Gasteiger charge is -2.17. The van der Waals surface area contributed by atoms with Crippen molar-refractivity contribution >= 4 is 23.1 Å². The SMILES string of the molecule is CCCC(NC(=O)c1cc(O)ccc1O)C(N)=S. The van der Waals surface area contributed by atoms with Gasteiger partial charge in [-0.2, -0.15) is 0 Å². The van der Waals surface area contributed by atoms with Crippen molar-refractivity contribution < 1.29 is 15.0 Å². The van der Waals surface area contributed by atoms with Crippen LogP contribution in [-0.2, 0) is 0 Å². The number of carbonyl (C=O) groups excluding carboxylic acids is 1. The summed E-state index contributed by atoms with van der Waals surface area (Å²) in [5, 5.41) is 21.5. The molecule has 0 saturated carbocycles. The fourth-order valence-electron chi connectivity index (χ4n) is 1.52. The van der Waals surface area contributed by atoms with E-state index in [0.717, 1.165) is 6.42 Å². The average Bonchev–Trinajstić information content (AvgIpc) is 2.31. The van der Waals surface area contributed by atoms with Crippen molar-refractivity contribution in [3.63, 3.8) is 0 Å². The maximum atomic E-state index is 11.9. The topological polar surface area (TPSA) is 95.6 Å². The van der Waals surface area contributed by atoms with E-state index in [9.17, 15) is 15.0 Å². The van der Waals surface area contributed by atoms with E-state index < -0.39 is 11.9 Å². The van der Waals surface area contributed by atoms with Crippen LogP contribution in [0.5, 0.6) is 11.5 Å². The van der Waals surface area contributed by atoms with E-state index in [2.05, 4.69) is 5.32 Å². The van der Waals surface area contributed by atoms with Gasteiger partial charge in [0.2, 0.25) is 0 Å². The van der Waals surface area contributed by atoms with Crippen molar-refractivity contribution in [2.24, 2.45) is 5.73 Å². The van der Waals surface area contributed by atoms with Gasteiger partial charge in [0.05, 0.1) is 16.6 Å². The Balaban J connectivity index is 2.86. The Morgan fingerprint density at radius 1 is 1.50 bits per heavy atom. The summed E-state index contributed by atoms with van der Waals surface area (Å²) < 4.78 is 0. The third kappa shape index (κ3) is 3.59. The summed E-state index contributed by atoms with van der Waals surface area (Å²) in [4.78, 5) is 12.1. The van der Waals surface area contributed by atoms with E-state index >= 15 is 0 Å². The van der Waals surface area contributed by atoms with Gasteiger partial charge >= 0.3 is 0 Å². The quantitative estimate of drug-likeness (QED) is 0.476. The number of amides is 1. The van der Waals surface area contributed by atoms with Gasteiger partial charge in [0.15, 0.2) is 0 Å². The number of hydrogen-bond donors (Lipinski definition) is 4. The molecule has 0 aromatic heterocycles. The number of carbonyl (C=O) groups is 1. The predicted octanol–water partition coefficient (Wildman–Crippen LogP) is 1.28. The van der Waals surface area contributed by atoms with Gasteiger partial charge in [-0.3, -0.25) is 4.79 Å². The number of nitrogens with two attached hydrogens (primary N) is 1. The van der Waals surface area contributed by atoms with E-state index in [0.29, 0.717) is 6.42 Å². The molecule has 1 atom stereocenters. The Morgan fingerprint density at radius 3 is 2.72 bits per heavy atom. The molecule has 18 heavy (non-hydrogen) atoms. The molecule has 6 heteroatoms. The molecule has 5 nitrogen and oxygen atoms in total. The largest absolute Gasteiger partial charge is 0.508 e. The lowest BCUT2D eigenvalue weighted by molar-refractivity contribution is 0.0942. The molecule has 0 spiro atoms. The van der Waals surface area contributed by atoms with Gasteiger partial charge in [0, 0.05) is 0 Å². The molecular formula is C12H16N2O3S. The monoisotopic (exact) mass is 268 g/mol. The van der Waals surface area contributed by atoms with Crippen molar-refractivity contribution in [1.82, 2.24) is 5.32 Å². The standard InChI is InChI=1S/C12H16N2O3S/c1-2-3-9(11(13)18)14-12(17)8-6-7(15)4-5-10(8)16/h4-6,9,15-16H,2-3H2,1H3,(H2,13,18)(H,14,17). The van der Waals surface area contributed by atoms with Crippen LogP contribution >= 0.6 is 12.2 Å². The fraction of sp³-hybridized carbons (Fsp3) is 0.333. The number of thiocarbonyl (C=S) groups is 1. The maximum Gasteiger partial charge on any atom is 0.255 e. The minimum atomic E-state index is -0.519. The van der Waals surface area contributed by atoms with E-state index in [-0.39, 0.29) is 22.1 Å². The number of aromatic hydroxyl groups is 2. The minimum Gasteiger partial charge on any atom is -0.508 e. The summed E-state index contributed by atoms with van der Waals surface area (Å²) in [6.45, 7) is 1.95. The Morgan fingerprint density at radius 2 is 2.17 bits per heavy atom. The zero-order valence-electron chi connectivity index (χ0n) is 10.0. The fourth-order valence-corrected chi connectivity index (χ4v) is 1.69. The third-order valence-corrected chi connectivity index (χ3v) is 2.74. The van der Waals surface area contributed by atoms with E-state index in [1.165, 1.54) is 18.2 Å². The highest BCUT2D eigenvalue weighted by atomic mass is 32.1. The molecule has 0 heterocycles. The molecule has 0 aliphatic heterocycles. The van der Waals surface area contributed by atoms with Crippen LogP contribution in [-0.4, -0.2) is 27.2 Å². The molecule has 1 amide bonds. The van der Waals surface area contributed by atoms with Crippen LogP contribution in [0.4, 0.5) is 0 Å². The first-order valence-corrected chi connectivity index (χ1v) is 5.98. The van der Waals surface area contributed by atoms with Crippen LogP contribution in [0.1, 0.15) is 30.1 Å². The minimum absolute atomic E-state index is 0.00708. The summed E-state index contributed by atoms with van der Waals surface area (Å²) in [7, 11) is 0. The second-order valence-electron chi connectivity index (χ2n) is 3.92. The Labute approximate surface area is 111 Å². The summed E-state index contributed by atoms with van der Waals surface area (Å²) >= 11 is 4.86. The van der Waals surface area contributed by atoms with Crippen molar-refractivity contribution in [3.8, 4) is 11.5 Å². The number of benzene rings is 1. The molecule has 0 radical (unpaired) electrons. The third-order valence-electron chi connectivity index (χ3n) is 2.45. The van der Waals surface area contributed by atoms with Gasteiger partial charge in [0.1, 0.15) is 11.5 Å². The van der Waals surface area contributed by atoms with Crippen molar-refractivity contribution in [3.05, 3.63) is 23.8 Å². The van der Waals surface area contributed by atoms with Gasteiger partial charge < -0.3 is 21.3 Å². The second kappa shape index (κ2) is 6.20. The summed E-state index contributed by atoms with van der Waals surface area (Å²) in [5.41, 5.74) is 5.51. The zero-order chi connectivity index (χ0) is 13.7. The lowest BCUT2D eigenvalue weighted by atomic mass is 10.1. The molecule has 1 rings (SSSR count). The molecule has 0 saturated heterocycles. The summed E-state index contributed by atoms with van der Waals surface area (Å²) in [5.74, 6) is -0.821. The van der Waals surface area contributed by atoms with Gasteiger partial charge in [-0.15, -0.1) is 0 Å². The summed E-state index contributed by atoms with van der Waals surface area (Å²) in [6.07, 6.45) is 1.44. The molecule has 98 valence electrons. The number of hydrogen-bond acceptors (Lipinski definition) is 4. The molecular weight excluding hydrogens is 252 g/mol. The number of nitrogens with one attached hydrogen (secondary N) is 1. The van der Waals surface area contributed by atoms with Crippen molar-refractivity contribution in [2.75, 3.05) is 0 Å². The van der Waals surface area contributed by atoms with Gasteiger partial charge in [-0.05, 0) is 24.6 Å². The number of phenols is 2. The molecule has 1 unspecified atom stereocenters. The molecule has 1 aromatic carbocycles. The van der Waals surface area contributed by atoms with E-state index in [1.54, 1.807) is 0 Å². The highest BCUT2D eigenvalue weighted by Crippen LogP contribution is 2.22. The molecule has 5 N–H and O–H groups in total. The van der Waals surface area contributed by atoms with Gasteiger partial charge in [-0.25, -0.2) is 0 Å². The first-order chi connectivity index (χ1) is 8.45. The second-order valence-corrected chi connectivity index (χ2v) is 4.39. The first-order valence-electron chi connectivity index (χ1n) is 5.57. The van der Waals surface area contributed by atoms with Crippen LogP contribution in [0.25, 0.3) is 0 Å². The Hall–Kier alpha value is -1.82. The Kier molecular flexibility index (Phi) is 4.91. The van der Waals surface area contributed by atoms with Crippen molar-refractivity contribution in [1.29, 1.82) is 0 Å². The number of phenolic OH excluding ortho intramolecular Hbond substituents is 2. The molecule has 0 bridgehead atoms. The highest BCUT2D eigenvalue weighted by molar-refractivity contribution is 7.80. The lowest BCUT2D eigenvalue weighted by Crippen LogP contribution is -2.43. The van der Waals surface area contributed by atoms with Crippen molar-refractivity contribution in [2.45, 2.75) is 25.8 Å². The van der Waals surface area contributed by atoms with Gasteiger partial charge in [-0.1, -0.05) is 25.6 Å². The predicted molar refractivity (Wildman–Crippen MR) is 72.7 cm³/mol. The molecule has 1 aromatic rings.